The molecule has 0 heterocycles. The van der Waals surface area contributed by atoms with Crippen LogP contribution >= 0.6 is 0 Å². The van der Waals surface area contributed by atoms with Crippen LogP contribution in [0, 0.1) is 11.8 Å². The van der Waals surface area contributed by atoms with Gasteiger partial charge in [0.25, 0.3) is 0 Å². The van der Waals surface area contributed by atoms with Crippen molar-refractivity contribution in [3.8, 4) is 0 Å². The summed E-state index contributed by atoms with van der Waals surface area (Å²) in [6.45, 7) is 4.66. The molecule has 0 bridgehead atoms. The minimum atomic E-state index is -0.936. The molecule has 1 rings (SSSR count). The fourth-order valence-electron chi connectivity index (χ4n) is 2.56. The summed E-state index contributed by atoms with van der Waals surface area (Å²) in [5, 5.41) is 14.3. The predicted molar refractivity (Wildman–Crippen MR) is 75.6 cm³/mol. The maximum Gasteiger partial charge on any atom is 0.315 e. The number of amides is 2. The summed E-state index contributed by atoms with van der Waals surface area (Å²) in [5.74, 6) is 0.395. The van der Waals surface area contributed by atoms with Crippen LogP contribution in [-0.4, -0.2) is 42.9 Å². The highest BCUT2D eigenvalue weighted by Gasteiger charge is 2.25. The second-order valence-corrected chi connectivity index (χ2v) is 5.77. The van der Waals surface area contributed by atoms with E-state index in [2.05, 4.69) is 24.5 Å². The highest BCUT2D eigenvalue weighted by molar-refractivity contribution is 5.74. The van der Waals surface area contributed by atoms with Gasteiger partial charge in [-0.2, -0.15) is 0 Å². The molecule has 1 fully saturated rings. The Balaban J connectivity index is 2.27. The van der Waals surface area contributed by atoms with E-state index in [1.807, 2.05) is 0 Å². The molecule has 1 aliphatic carbocycles. The fourth-order valence-corrected chi connectivity index (χ4v) is 2.56. The van der Waals surface area contributed by atoms with E-state index in [9.17, 15) is 9.59 Å². The van der Waals surface area contributed by atoms with Gasteiger partial charge in [-0.15, -0.1) is 0 Å². The molecule has 0 spiro atoms. The Kier molecular flexibility index (Phi) is 6.78. The molecule has 6 heteroatoms. The number of hydrogen-bond donors (Lipinski definition) is 3. The van der Waals surface area contributed by atoms with E-state index in [-0.39, 0.29) is 25.0 Å². The third-order valence-electron chi connectivity index (χ3n) is 4.16. The minimum absolute atomic E-state index is 0.116. The van der Waals surface area contributed by atoms with E-state index in [1.165, 1.54) is 7.11 Å². The molecule has 0 aromatic heterocycles. The Morgan fingerprint density at radius 3 is 2.55 bits per heavy atom. The van der Waals surface area contributed by atoms with Crippen LogP contribution in [0.15, 0.2) is 0 Å². The first kappa shape index (κ1) is 16.8. The van der Waals surface area contributed by atoms with Crippen LogP contribution in [0.2, 0.25) is 0 Å². The molecule has 1 aliphatic rings. The lowest BCUT2D eigenvalue weighted by Crippen LogP contribution is -2.47. The lowest BCUT2D eigenvalue weighted by molar-refractivity contribution is -0.139. The quantitative estimate of drug-likeness (QED) is 0.692. The zero-order valence-corrected chi connectivity index (χ0v) is 12.5. The molecule has 1 saturated carbocycles. The molecule has 4 unspecified atom stereocenters. The molecule has 3 N–H and O–H groups in total. The van der Waals surface area contributed by atoms with Gasteiger partial charge in [-0.3, -0.25) is 4.79 Å². The maximum atomic E-state index is 11.8. The SMILES string of the molecule is COC(CNC(=O)NC1CCC(C)C(C)C1)CC(=O)O. The van der Waals surface area contributed by atoms with Gasteiger partial charge in [-0.05, 0) is 31.1 Å². The Morgan fingerprint density at radius 1 is 1.30 bits per heavy atom. The summed E-state index contributed by atoms with van der Waals surface area (Å²) in [7, 11) is 1.44. The van der Waals surface area contributed by atoms with Crippen LogP contribution in [0.25, 0.3) is 0 Å². The molecule has 0 aliphatic heterocycles. The lowest BCUT2D eigenvalue weighted by atomic mass is 9.79. The molecule has 0 aromatic rings. The van der Waals surface area contributed by atoms with Gasteiger partial charge in [0.05, 0.1) is 12.5 Å². The predicted octanol–water partition coefficient (Wildman–Crippen LogP) is 1.60. The second kappa shape index (κ2) is 8.09. The van der Waals surface area contributed by atoms with Crippen LogP contribution in [-0.2, 0) is 9.53 Å². The Bertz CT molecular complexity index is 335. The van der Waals surface area contributed by atoms with E-state index >= 15 is 0 Å². The topological polar surface area (TPSA) is 87.7 Å². The molecule has 6 nitrogen and oxygen atoms in total. The van der Waals surface area contributed by atoms with Gasteiger partial charge in [0.1, 0.15) is 0 Å². The number of aliphatic carboxylic acids is 1. The summed E-state index contributed by atoms with van der Waals surface area (Å²) in [6.07, 6.45) is 2.52. The highest BCUT2D eigenvalue weighted by atomic mass is 16.5. The molecule has 2 amide bonds. The number of urea groups is 1. The van der Waals surface area contributed by atoms with Crippen molar-refractivity contribution in [3.63, 3.8) is 0 Å². The molecule has 0 aromatic carbocycles. The smallest absolute Gasteiger partial charge is 0.315 e. The largest absolute Gasteiger partial charge is 0.481 e. The highest BCUT2D eigenvalue weighted by Crippen LogP contribution is 2.29. The molecule has 116 valence electrons. The summed E-state index contributed by atoms with van der Waals surface area (Å²) in [6, 6.07) is -0.0362. The average Bonchev–Trinajstić information content (AvgIpc) is 2.38. The minimum Gasteiger partial charge on any atom is -0.481 e. The first-order valence-electron chi connectivity index (χ1n) is 7.21. The molecular formula is C14H26N2O4. The van der Waals surface area contributed by atoms with Crippen LogP contribution in [0.5, 0.6) is 0 Å². The van der Waals surface area contributed by atoms with Crippen molar-refractivity contribution >= 4 is 12.0 Å². The zero-order chi connectivity index (χ0) is 15.1. The van der Waals surface area contributed by atoms with Crippen molar-refractivity contribution in [1.29, 1.82) is 0 Å². The second-order valence-electron chi connectivity index (χ2n) is 5.77. The molecule has 20 heavy (non-hydrogen) atoms. The van der Waals surface area contributed by atoms with Crippen LogP contribution in [0.3, 0.4) is 0 Å². The summed E-state index contributed by atoms with van der Waals surface area (Å²) in [4.78, 5) is 22.4. The van der Waals surface area contributed by atoms with Gasteiger partial charge in [-0.25, -0.2) is 4.79 Å². The standard InChI is InChI=1S/C14H26N2O4/c1-9-4-5-11(6-10(9)2)16-14(19)15-8-12(20-3)7-13(17)18/h9-12H,4-8H2,1-3H3,(H,17,18)(H2,15,16,19). The lowest BCUT2D eigenvalue weighted by Gasteiger charge is -2.32. The van der Waals surface area contributed by atoms with Crippen molar-refractivity contribution in [3.05, 3.63) is 0 Å². The third kappa shape index (κ3) is 5.77. The first-order chi connectivity index (χ1) is 9.42. The van der Waals surface area contributed by atoms with Crippen molar-refractivity contribution in [1.82, 2.24) is 10.6 Å². The first-order valence-corrected chi connectivity index (χ1v) is 7.21. The number of carboxylic acid groups (broad SMARTS) is 1. The van der Waals surface area contributed by atoms with Crippen LogP contribution in [0.1, 0.15) is 39.5 Å². The maximum absolute atomic E-state index is 11.8. The van der Waals surface area contributed by atoms with Crippen LogP contribution in [0.4, 0.5) is 4.79 Å². The van der Waals surface area contributed by atoms with Crippen molar-refractivity contribution in [2.75, 3.05) is 13.7 Å². The van der Waals surface area contributed by atoms with E-state index in [0.29, 0.717) is 11.8 Å². The van der Waals surface area contributed by atoms with Crippen molar-refractivity contribution < 1.29 is 19.4 Å². The van der Waals surface area contributed by atoms with E-state index in [4.69, 9.17) is 9.84 Å². The van der Waals surface area contributed by atoms with Gasteiger partial charge in [-0.1, -0.05) is 13.8 Å². The molecule has 0 saturated heterocycles. The third-order valence-corrected chi connectivity index (χ3v) is 4.16. The van der Waals surface area contributed by atoms with Gasteiger partial charge in [0.15, 0.2) is 0 Å². The molecule has 4 atom stereocenters. The Hall–Kier alpha value is -1.30. The van der Waals surface area contributed by atoms with Gasteiger partial charge in [0, 0.05) is 19.7 Å². The van der Waals surface area contributed by atoms with Crippen molar-refractivity contribution in [2.45, 2.75) is 51.7 Å². The summed E-state index contributed by atoms with van der Waals surface area (Å²) in [5.41, 5.74) is 0. The fraction of sp³-hybridized carbons (Fsp3) is 0.857. The summed E-state index contributed by atoms with van der Waals surface area (Å²) >= 11 is 0. The van der Waals surface area contributed by atoms with Crippen LogP contribution < -0.4 is 10.6 Å². The zero-order valence-electron chi connectivity index (χ0n) is 12.5. The van der Waals surface area contributed by atoms with Gasteiger partial charge < -0.3 is 20.5 Å². The number of nitrogens with one attached hydrogen (secondary N) is 2. The number of ether oxygens (including phenoxy) is 1. The monoisotopic (exact) mass is 286 g/mol. The Labute approximate surface area is 120 Å². The van der Waals surface area contributed by atoms with E-state index in [1.54, 1.807) is 0 Å². The normalized spacial score (nSPS) is 27.6. The number of methoxy groups -OCH3 is 1. The number of carbonyl (C=O) groups excluding carboxylic acids is 1. The number of hydrogen-bond acceptors (Lipinski definition) is 3. The number of rotatable bonds is 6. The van der Waals surface area contributed by atoms with E-state index in [0.717, 1.165) is 19.3 Å². The Morgan fingerprint density at radius 2 is 2.00 bits per heavy atom. The van der Waals surface area contributed by atoms with E-state index < -0.39 is 12.1 Å². The molecular weight excluding hydrogens is 260 g/mol. The number of carboxylic acids is 1. The van der Waals surface area contributed by atoms with Crippen molar-refractivity contribution in [2.24, 2.45) is 11.8 Å². The average molecular weight is 286 g/mol. The van der Waals surface area contributed by atoms with Gasteiger partial charge in [0.2, 0.25) is 0 Å². The van der Waals surface area contributed by atoms with Gasteiger partial charge >= 0.3 is 12.0 Å². The number of carbonyl (C=O) groups is 2. The molecule has 0 radical (unpaired) electrons. The summed E-state index contributed by atoms with van der Waals surface area (Å²) < 4.78 is 5.01.